The third-order valence-corrected chi connectivity index (χ3v) is 2.76. The minimum atomic E-state index is -0.377. The Balaban J connectivity index is 1.83. The van der Waals surface area contributed by atoms with Gasteiger partial charge in [-0.1, -0.05) is 12.1 Å². The van der Waals surface area contributed by atoms with Crippen molar-refractivity contribution < 1.29 is 23.4 Å². The molecule has 0 N–H and O–H groups in total. The molecule has 0 unspecified atom stereocenters. The number of thiocarbonyl (C=S) groups is 1. The fourth-order valence-corrected chi connectivity index (χ4v) is 1.75. The van der Waals surface area contributed by atoms with Crippen LogP contribution in [0.1, 0.15) is 12.5 Å². The topological polar surface area (TPSA) is 44.8 Å². The number of rotatable bonds is 4. The van der Waals surface area contributed by atoms with E-state index in [-0.39, 0.29) is 23.6 Å². The third-order valence-electron chi connectivity index (χ3n) is 2.56. The van der Waals surface area contributed by atoms with Gasteiger partial charge in [0.1, 0.15) is 23.9 Å². The van der Waals surface area contributed by atoms with E-state index in [4.69, 9.17) is 26.4 Å². The lowest BCUT2D eigenvalue weighted by Crippen LogP contribution is -2.10. The van der Waals surface area contributed by atoms with Crippen molar-refractivity contribution in [3.8, 4) is 11.5 Å². The molecule has 0 amide bonds. The highest BCUT2D eigenvalue weighted by molar-refractivity contribution is 7.79. The summed E-state index contributed by atoms with van der Waals surface area (Å²) in [6.07, 6.45) is 0. The molecule has 0 aliphatic heterocycles. The molecule has 2 rings (SSSR count). The van der Waals surface area contributed by atoms with Crippen LogP contribution in [0.4, 0.5) is 4.39 Å². The van der Waals surface area contributed by atoms with E-state index < -0.39 is 0 Å². The second-order valence-corrected chi connectivity index (χ2v) is 4.67. The summed E-state index contributed by atoms with van der Waals surface area (Å²) in [5.74, 6) is 0.128. The van der Waals surface area contributed by atoms with Gasteiger partial charge in [0, 0.05) is 19.1 Å². The van der Waals surface area contributed by atoms with Crippen LogP contribution in [0.5, 0.6) is 11.5 Å². The fourth-order valence-electron chi connectivity index (χ4n) is 1.59. The predicted molar refractivity (Wildman–Crippen MR) is 82.2 cm³/mol. The predicted octanol–water partition coefficient (Wildman–Crippen LogP) is 3.63. The molecule has 0 atom stereocenters. The summed E-state index contributed by atoms with van der Waals surface area (Å²) < 4.78 is 28.2. The van der Waals surface area contributed by atoms with E-state index in [1.54, 1.807) is 24.3 Å². The summed E-state index contributed by atoms with van der Waals surface area (Å²) in [6, 6.07) is 12.3. The van der Waals surface area contributed by atoms with Gasteiger partial charge >= 0.3 is 11.2 Å². The van der Waals surface area contributed by atoms with E-state index in [1.807, 2.05) is 0 Å². The van der Waals surface area contributed by atoms with Crippen LogP contribution >= 0.6 is 12.2 Å². The molecule has 2 aromatic carbocycles. The van der Waals surface area contributed by atoms with Crippen molar-refractivity contribution in [3.05, 3.63) is 59.9 Å². The molecule has 0 aromatic heterocycles. The average Bonchev–Trinajstić information content (AvgIpc) is 2.48. The molecule has 6 heteroatoms. The van der Waals surface area contributed by atoms with Gasteiger partial charge in [-0.05, 0) is 42.0 Å². The Hall–Kier alpha value is -2.47. The van der Waals surface area contributed by atoms with Crippen LogP contribution in [-0.4, -0.2) is 11.2 Å². The Morgan fingerprint density at radius 2 is 1.55 bits per heavy atom. The Kier molecular flexibility index (Phi) is 5.43. The summed E-state index contributed by atoms with van der Waals surface area (Å²) in [5, 5.41) is -0.0596. The lowest BCUT2D eigenvalue weighted by Gasteiger charge is -2.09. The van der Waals surface area contributed by atoms with Gasteiger partial charge in [0.2, 0.25) is 0 Å². The summed E-state index contributed by atoms with van der Waals surface area (Å²) in [5.41, 5.74) is 0.834. The van der Waals surface area contributed by atoms with E-state index >= 15 is 0 Å². The van der Waals surface area contributed by atoms with Gasteiger partial charge in [-0.15, -0.1) is 0 Å². The van der Waals surface area contributed by atoms with Gasteiger partial charge in [0.15, 0.2) is 0 Å². The molecular weight excluding hydrogens is 307 g/mol. The van der Waals surface area contributed by atoms with E-state index in [0.717, 1.165) is 5.56 Å². The monoisotopic (exact) mass is 320 g/mol. The van der Waals surface area contributed by atoms with Crippen molar-refractivity contribution in [1.82, 2.24) is 0 Å². The molecule has 114 valence electrons. The first-order chi connectivity index (χ1) is 10.5. The largest absolute Gasteiger partial charge is 0.452 e. The van der Waals surface area contributed by atoms with E-state index in [1.165, 1.54) is 31.2 Å². The molecule has 0 saturated carbocycles. The molecule has 0 fully saturated rings. The first-order valence-corrected chi connectivity index (χ1v) is 6.81. The lowest BCUT2D eigenvalue weighted by molar-refractivity contribution is -0.131. The summed E-state index contributed by atoms with van der Waals surface area (Å²) >= 11 is 4.94. The highest BCUT2D eigenvalue weighted by Gasteiger charge is 2.04. The summed E-state index contributed by atoms with van der Waals surface area (Å²) in [7, 11) is 0. The Labute approximate surface area is 132 Å². The second kappa shape index (κ2) is 7.51. The van der Waals surface area contributed by atoms with Crippen LogP contribution in [0.25, 0.3) is 0 Å². The molecule has 0 radical (unpaired) electrons. The van der Waals surface area contributed by atoms with Crippen molar-refractivity contribution >= 4 is 23.4 Å². The first kappa shape index (κ1) is 15.9. The van der Waals surface area contributed by atoms with Gasteiger partial charge in [-0.2, -0.15) is 0 Å². The van der Waals surface area contributed by atoms with Crippen LogP contribution in [0, 0.1) is 5.82 Å². The van der Waals surface area contributed by atoms with Gasteiger partial charge in [-0.25, -0.2) is 4.39 Å². The number of carbonyl (C=O) groups is 1. The number of ether oxygens (including phenoxy) is 3. The number of halogens is 1. The van der Waals surface area contributed by atoms with Gasteiger partial charge in [-0.3, -0.25) is 4.79 Å². The summed E-state index contributed by atoms with van der Waals surface area (Å²) in [6.45, 7) is 1.54. The minimum Gasteiger partial charge on any atom is -0.452 e. The zero-order chi connectivity index (χ0) is 15.9. The molecule has 4 nitrogen and oxygen atoms in total. The smallest absolute Gasteiger partial charge is 0.358 e. The molecule has 0 spiro atoms. The maximum absolute atomic E-state index is 12.8. The first-order valence-electron chi connectivity index (χ1n) is 6.40. The number of esters is 1. The number of hydrogen-bond donors (Lipinski definition) is 0. The second-order valence-electron chi connectivity index (χ2n) is 4.33. The minimum absolute atomic E-state index is 0.0596. The molecule has 0 heterocycles. The van der Waals surface area contributed by atoms with Crippen molar-refractivity contribution in [2.75, 3.05) is 0 Å². The quantitative estimate of drug-likeness (QED) is 0.489. The standard InChI is InChI=1S/C16H13FO4S/c1-11(18)20-14-6-2-12(3-7-14)10-19-16(22)21-15-8-4-13(17)5-9-15/h2-9H,10H2,1H3. The zero-order valence-electron chi connectivity index (χ0n) is 11.7. The van der Waals surface area contributed by atoms with Crippen LogP contribution in [0.15, 0.2) is 48.5 Å². The Morgan fingerprint density at radius 3 is 2.14 bits per heavy atom. The summed E-state index contributed by atoms with van der Waals surface area (Å²) in [4.78, 5) is 10.8. The fraction of sp³-hybridized carbons (Fsp3) is 0.125. The molecule has 22 heavy (non-hydrogen) atoms. The van der Waals surface area contributed by atoms with Crippen LogP contribution in [-0.2, 0) is 16.1 Å². The third kappa shape index (κ3) is 5.14. The lowest BCUT2D eigenvalue weighted by atomic mass is 10.2. The van der Waals surface area contributed by atoms with E-state index in [9.17, 15) is 9.18 Å². The normalized spacial score (nSPS) is 9.91. The Bertz CT molecular complexity index is 653. The van der Waals surface area contributed by atoms with Crippen molar-refractivity contribution in [3.63, 3.8) is 0 Å². The van der Waals surface area contributed by atoms with Crippen molar-refractivity contribution in [2.24, 2.45) is 0 Å². The highest BCUT2D eigenvalue weighted by atomic mass is 32.1. The van der Waals surface area contributed by atoms with Crippen LogP contribution in [0.2, 0.25) is 0 Å². The maximum atomic E-state index is 12.8. The molecule has 0 bridgehead atoms. The van der Waals surface area contributed by atoms with Crippen molar-refractivity contribution in [2.45, 2.75) is 13.5 Å². The average molecular weight is 320 g/mol. The zero-order valence-corrected chi connectivity index (χ0v) is 12.6. The highest BCUT2D eigenvalue weighted by Crippen LogP contribution is 2.15. The van der Waals surface area contributed by atoms with E-state index in [2.05, 4.69) is 0 Å². The molecule has 0 aliphatic carbocycles. The molecular formula is C16H13FO4S. The number of carbonyl (C=O) groups excluding carboxylic acids is 1. The number of benzene rings is 2. The molecule has 2 aromatic rings. The Morgan fingerprint density at radius 1 is 1.00 bits per heavy atom. The molecule has 0 aliphatic rings. The number of hydrogen-bond acceptors (Lipinski definition) is 5. The van der Waals surface area contributed by atoms with Crippen LogP contribution < -0.4 is 9.47 Å². The van der Waals surface area contributed by atoms with Gasteiger partial charge < -0.3 is 14.2 Å². The maximum Gasteiger partial charge on any atom is 0.358 e. The van der Waals surface area contributed by atoms with Gasteiger partial charge in [0.05, 0.1) is 0 Å². The van der Waals surface area contributed by atoms with E-state index in [0.29, 0.717) is 11.5 Å². The SMILES string of the molecule is CC(=O)Oc1ccc(COC(=S)Oc2ccc(F)cc2)cc1. The molecule has 0 saturated heterocycles. The van der Waals surface area contributed by atoms with Crippen LogP contribution in [0.3, 0.4) is 0 Å². The van der Waals surface area contributed by atoms with Crippen molar-refractivity contribution in [1.29, 1.82) is 0 Å². The van der Waals surface area contributed by atoms with Gasteiger partial charge in [0.25, 0.3) is 0 Å².